The maximum Gasteiger partial charge on any atom is 0.461 e. The Kier molecular flexibility index (Phi) is 5.74. The molecule has 0 aliphatic carbocycles. The predicted octanol–water partition coefficient (Wildman–Crippen LogP) is 5.46. The van der Waals surface area contributed by atoms with Crippen LogP contribution in [-0.2, 0) is 19.5 Å². The quantitative estimate of drug-likeness (QED) is 0.547. The molecule has 0 unspecified atom stereocenters. The molecule has 12 heteroatoms. The molecular weight excluding hydrogens is 437 g/mol. The number of hydrogen-bond acceptors (Lipinski definition) is 3. The minimum Gasteiger partial charge on any atom is -0.215 e. The molecule has 0 saturated heterocycles. The fraction of sp³-hybridized carbons (Fsp3) is 0.375. The molecule has 0 N–H and O–H groups in total. The molecule has 0 amide bonds. The highest BCUT2D eigenvalue weighted by atomic mass is 32.3. The van der Waals surface area contributed by atoms with E-state index in [-0.39, 0.29) is 5.75 Å². The first-order valence-electron chi connectivity index (χ1n) is 7.47. The van der Waals surface area contributed by atoms with Crippen LogP contribution >= 0.6 is 10.3 Å². The van der Waals surface area contributed by atoms with E-state index in [0.29, 0.717) is 5.56 Å². The van der Waals surface area contributed by atoms with Gasteiger partial charge in [-0.15, -0.1) is 10.3 Å². The van der Waals surface area contributed by atoms with Gasteiger partial charge in [-0.25, -0.2) is 3.63 Å². The lowest BCUT2D eigenvalue weighted by atomic mass is 10.1. The van der Waals surface area contributed by atoms with E-state index in [2.05, 4.69) is 3.63 Å². The van der Waals surface area contributed by atoms with Gasteiger partial charge in [0, 0.05) is 5.75 Å². The van der Waals surface area contributed by atoms with Crippen molar-refractivity contribution in [2.24, 2.45) is 0 Å². The van der Waals surface area contributed by atoms with Crippen LogP contribution in [0.4, 0.5) is 30.7 Å². The Morgan fingerprint density at radius 2 is 1.39 bits per heavy atom. The third-order valence-corrected chi connectivity index (χ3v) is 7.74. The minimum atomic E-state index is -6.81. The van der Waals surface area contributed by atoms with Gasteiger partial charge in [-0.05, 0) is 28.8 Å². The Morgan fingerprint density at radius 1 is 0.857 bits per heavy atom. The Balaban J connectivity index is 2.30. The third kappa shape index (κ3) is 4.23. The maximum atomic E-state index is 13.6. The van der Waals surface area contributed by atoms with E-state index < -0.39 is 37.8 Å². The van der Waals surface area contributed by atoms with Gasteiger partial charge in [0.15, 0.2) is 0 Å². The largest absolute Gasteiger partial charge is 0.461 e. The van der Waals surface area contributed by atoms with Crippen molar-refractivity contribution in [1.82, 2.24) is 0 Å². The van der Waals surface area contributed by atoms with Gasteiger partial charge in [0.1, 0.15) is 0 Å². The number of halogens is 7. The average molecular weight is 452 g/mol. The Labute approximate surface area is 158 Å². The average Bonchev–Trinajstić information content (AvgIpc) is 2.51. The van der Waals surface area contributed by atoms with Crippen LogP contribution in [0.2, 0.25) is 0 Å². The van der Waals surface area contributed by atoms with Crippen molar-refractivity contribution >= 4 is 31.2 Å². The first-order valence-corrected chi connectivity index (χ1v) is 11.4. The molecular formula is C16H15F7O3S2. The van der Waals surface area contributed by atoms with Crippen LogP contribution in [0.25, 0.3) is 10.8 Å². The van der Waals surface area contributed by atoms with Crippen LogP contribution in [0, 0.1) is 0 Å². The van der Waals surface area contributed by atoms with Gasteiger partial charge >= 0.3 is 27.5 Å². The first kappa shape index (κ1) is 22.8. The van der Waals surface area contributed by atoms with E-state index in [1.807, 2.05) is 0 Å². The number of alkyl halides is 7. The highest BCUT2D eigenvalue weighted by Gasteiger charge is 2.79. The predicted molar refractivity (Wildman–Crippen MR) is 93.0 cm³/mol. The molecule has 0 aliphatic heterocycles. The smallest absolute Gasteiger partial charge is 0.215 e. The van der Waals surface area contributed by atoms with Crippen molar-refractivity contribution < 1.29 is 42.8 Å². The second kappa shape index (κ2) is 7.06. The van der Waals surface area contributed by atoms with E-state index in [9.17, 15) is 39.2 Å². The molecule has 0 heterocycles. The molecule has 0 fully saturated rings. The minimum absolute atomic E-state index is 0.259. The van der Waals surface area contributed by atoms with Crippen molar-refractivity contribution in [3.8, 4) is 0 Å². The number of hydrogen-bond donors (Lipinski definition) is 0. The van der Waals surface area contributed by atoms with Gasteiger partial charge in [-0.1, -0.05) is 42.5 Å². The molecule has 3 nitrogen and oxygen atoms in total. The number of fused-ring (bicyclic) bond motifs is 1. The summed E-state index contributed by atoms with van der Waals surface area (Å²) in [4.78, 5) is 0. The fourth-order valence-electron chi connectivity index (χ4n) is 2.36. The highest BCUT2D eigenvalue weighted by Crippen LogP contribution is 2.54. The second-order valence-corrected chi connectivity index (χ2v) is 11.5. The van der Waals surface area contributed by atoms with E-state index in [1.165, 1.54) is 0 Å². The molecule has 0 spiro atoms. The standard InChI is InChI=1S/C16H15F7O3S2/c1-27(2,10-11-7-8-12-5-3-4-6-13(12)9-11)26-28(24,25)16(22,23)14(17,18)15(19,20)21/h3-9H,10H2,1-2H3. The van der Waals surface area contributed by atoms with Gasteiger partial charge in [0.05, 0.1) is 0 Å². The molecule has 0 aliphatic rings. The Hall–Kier alpha value is -1.53. The summed E-state index contributed by atoms with van der Waals surface area (Å²) in [6, 6.07) is 11.9. The van der Waals surface area contributed by atoms with Crippen LogP contribution in [0.3, 0.4) is 0 Å². The molecule has 158 valence electrons. The van der Waals surface area contributed by atoms with Crippen LogP contribution < -0.4 is 0 Å². The summed E-state index contributed by atoms with van der Waals surface area (Å²) in [6.45, 7) is 0. The SMILES string of the molecule is CS(C)(Cc1ccc2ccccc2c1)OS(=O)(=O)C(F)(F)C(F)(F)C(F)(F)F. The Bertz CT molecular complexity index is 970. The zero-order valence-electron chi connectivity index (χ0n) is 14.4. The summed E-state index contributed by atoms with van der Waals surface area (Å²) in [7, 11) is -9.61. The van der Waals surface area contributed by atoms with Gasteiger partial charge in [0.2, 0.25) is 0 Å². The maximum absolute atomic E-state index is 13.6. The molecule has 2 rings (SSSR count). The van der Waals surface area contributed by atoms with E-state index >= 15 is 0 Å². The van der Waals surface area contributed by atoms with Crippen molar-refractivity contribution in [2.45, 2.75) is 23.1 Å². The normalized spacial score (nSPS) is 15.0. The molecule has 28 heavy (non-hydrogen) atoms. The Morgan fingerprint density at radius 3 is 1.93 bits per heavy atom. The van der Waals surface area contributed by atoms with E-state index in [4.69, 9.17) is 0 Å². The van der Waals surface area contributed by atoms with Crippen molar-refractivity contribution in [3.63, 3.8) is 0 Å². The van der Waals surface area contributed by atoms with E-state index in [0.717, 1.165) is 23.3 Å². The molecule has 0 aromatic heterocycles. The summed E-state index contributed by atoms with van der Waals surface area (Å²) in [5.41, 5.74) is 0.444. The highest BCUT2D eigenvalue weighted by molar-refractivity contribution is 8.31. The van der Waals surface area contributed by atoms with Gasteiger partial charge < -0.3 is 0 Å². The zero-order chi connectivity index (χ0) is 21.6. The summed E-state index contributed by atoms with van der Waals surface area (Å²) >= 11 is 0. The van der Waals surface area contributed by atoms with Crippen LogP contribution in [-0.4, -0.2) is 38.3 Å². The van der Waals surface area contributed by atoms with Gasteiger partial charge in [0.25, 0.3) is 0 Å². The topological polar surface area (TPSA) is 43.4 Å². The molecule has 0 saturated carbocycles. The fourth-order valence-corrected chi connectivity index (χ4v) is 6.25. The number of benzene rings is 2. The molecule has 0 radical (unpaired) electrons. The molecule has 0 bridgehead atoms. The van der Waals surface area contributed by atoms with Crippen molar-refractivity contribution in [2.75, 3.05) is 12.5 Å². The third-order valence-electron chi connectivity index (χ3n) is 3.64. The second-order valence-electron chi connectivity index (χ2n) is 6.37. The van der Waals surface area contributed by atoms with Crippen LogP contribution in [0.1, 0.15) is 5.56 Å². The molecule has 0 atom stereocenters. The van der Waals surface area contributed by atoms with Crippen LogP contribution in [0.5, 0.6) is 0 Å². The number of rotatable bonds is 6. The lowest BCUT2D eigenvalue weighted by Crippen LogP contribution is -2.56. The lowest BCUT2D eigenvalue weighted by molar-refractivity contribution is -0.333. The summed E-state index contributed by atoms with van der Waals surface area (Å²) < 4.78 is 117. The van der Waals surface area contributed by atoms with Crippen LogP contribution in [0.15, 0.2) is 42.5 Å². The van der Waals surface area contributed by atoms with Crippen molar-refractivity contribution in [3.05, 3.63) is 48.0 Å². The van der Waals surface area contributed by atoms with Crippen molar-refractivity contribution in [1.29, 1.82) is 0 Å². The van der Waals surface area contributed by atoms with Gasteiger partial charge in [-0.2, -0.15) is 39.2 Å². The lowest BCUT2D eigenvalue weighted by Gasteiger charge is -2.34. The first-order chi connectivity index (χ1) is 12.5. The monoisotopic (exact) mass is 452 g/mol. The molecule has 2 aromatic carbocycles. The summed E-state index contributed by atoms with van der Waals surface area (Å²) in [5, 5.41) is -4.90. The van der Waals surface area contributed by atoms with Gasteiger partial charge in [-0.3, -0.25) is 0 Å². The summed E-state index contributed by atoms with van der Waals surface area (Å²) in [6.07, 6.45) is -4.63. The van der Waals surface area contributed by atoms with E-state index in [1.54, 1.807) is 42.5 Å². The summed E-state index contributed by atoms with van der Waals surface area (Å²) in [5.74, 6) is -7.07. The zero-order valence-corrected chi connectivity index (χ0v) is 16.1. The molecule has 2 aromatic rings.